The van der Waals surface area contributed by atoms with E-state index in [1.807, 2.05) is 49.4 Å². The lowest BCUT2D eigenvalue weighted by Crippen LogP contribution is -2.42. The Morgan fingerprint density at radius 3 is 2.70 bits per heavy atom. The summed E-state index contributed by atoms with van der Waals surface area (Å²) in [5, 5.41) is 6.38. The summed E-state index contributed by atoms with van der Waals surface area (Å²) < 4.78 is 1.74. The predicted molar refractivity (Wildman–Crippen MR) is 105 cm³/mol. The maximum Gasteiger partial charge on any atom is 0.257 e. The van der Waals surface area contributed by atoms with Gasteiger partial charge in [-0.1, -0.05) is 36.4 Å². The fourth-order valence-corrected chi connectivity index (χ4v) is 3.78. The number of carbonyl (C=O) groups is 2. The van der Waals surface area contributed by atoms with Gasteiger partial charge in [0.05, 0.1) is 11.8 Å². The van der Waals surface area contributed by atoms with Gasteiger partial charge in [-0.3, -0.25) is 14.3 Å². The van der Waals surface area contributed by atoms with Crippen LogP contribution in [0.2, 0.25) is 0 Å². The van der Waals surface area contributed by atoms with Gasteiger partial charge in [-0.2, -0.15) is 5.10 Å². The molecule has 4 rings (SSSR count). The molecule has 138 valence electrons. The van der Waals surface area contributed by atoms with Crippen LogP contribution in [0.5, 0.6) is 0 Å². The van der Waals surface area contributed by atoms with Crippen molar-refractivity contribution < 1.29 is 9.59 Å². The number of amides is 1. The highest BCUT2D eigenvalue weighted by atomic mass is 16.2. The maximum absolute atomic E-state index is 13.0. The third-order valence-corrected chi connectivity index (χ3v) is 5.32. The number of likely N-dealkylation sites (tertiary alicyclic amines) is 1. The SMILES string of the molecule is CCn1cc(C(=O)N2CCC[C@@H](C(=O)c3ccc4ccccc4c3)C2)cn1. The van der Waals surface area contributed by atoms with E-state index in [2.05, 4.69) is 5.10 Å². The Kier molecular flexibility index (Phi) is 4.75. The highest BCUT2D eigenvalue weighted by molar-refractivity contribution is 6.02. The van der Waals surface area contributed by atoms with Gasteiger partial charge in [-0.25, -0.2) is 0 Å². The zero-order valence-corrected chi connectivity index (χ0v) is 15.5. The number of nitrogens with zero attached hydrogens (tertiary/aromatic N) is 3. The first kappa shape index (κ1) is 17.5. The molecule has 3 aromatic rings. The second-order valence-corrected chi connectivity index (χ2v) is 7.10. The topological polar surface area (TPSA) is 55.2 Å². The smallest absolute Gasteiger partial charge is 0.257 e. The lowest BCUT2D eigenvalue weighted by atomic mass is 9.89. The van der Waals surface area contributed by atoms with Crippen molar-refractivity contribution in [1.82, 2.24) is 14.7 Å². The molecule has 1 aliphatic rings. The van der Waals surface area contributed by atoms with Crippen LogP contribution in [0, 0.1) is 5.92 Å². The number of rotatable bonds is 4. The Bertz CT molecular complexity index is 992. The second kappa shape index (κ2) is 7.35. The molecular weight excluding hydrogens is 338 g/mol. The molecule has 5 heteroatoms. The molecule has 2 aromatic carbocycles. The molecular formula is C22H23N3O2. The Balaban J connectivity index is 1.51. The number of aryl methyl sites for hydroxylation is 1. The lowest BCUT2D eigenvalue weighted by molar-refractivity contribution is 0.0637. The fourth-order valence-electron chi connectivity index (χ4n) is 3.78. The van der Waals surface area contributed by atoms with E-state index in [1.165, 1.54) is 0 Å². The van der Waals surface area contributed by atoms with E-state index in [1.54, 1.807) is 22.0 Å². The number of piperidine rings is 1. The Morgan fingerprint density at radius 2 is 1.93 bits per heavy atom. The molecule has 0 aliphatic carbocycles. The molecule has 5 nitrogen and oxygen atoms in total. The van der Waals surface area contributed by atoms with Crippen LogP contribution in [0.4, 0.5) is 0 Å². The van der Waals surface area contributed by atoms with Crippen LogP contribution in [0.25, 0.3) is 10.8 Å². The zero-order chi connectivity index (χ0) is 18.8. The van der Waals surface area contributed by atoms with E-state index >= 15 is 0 Å². The van der Waals surface area contributed by atoms with E-state index in [0.29, 0.717) is 18.7 Å². The Labute approximate surface area is 158 Å². The van der Waals surface area contributed by atoms with Gasteiger partial charge >= 0.3 is 0 Å². The molecule has 1 aliphatic heterocycles. The monoisotopic (exact) mass is 361 g/mol. The largest absolute Gasteiger partial charge is 0.338 e. The number of aromatic nitrogens is 2. The van der Waals surface area contributed by atoms with Crippen molar-refractivity contribution in [3.8, 4) is 0 Å². The normalized spacial score (nSPS) is 17.2. The summed E-state index contributed by atoms with van der Waals surface area (Å²) in [5.41, 5.74) is 1.32. The number of ketones is 1. The van der Waals surface area contributed by atoms with E-state index in [-0.39, 0.29) is 17.6 Å². The third kappa shape index (κ3) is 3.50. The highest BCUT2D eigenvalue weighted by Gasteiger charge is 2.30. The molecule has 1 aromatic heterocycles. The first-order valence-electron chi connectivity index (χ1n) is 9.50. The maximum atomic E-state index is 13.0. The standard InChI is InChI=1S/C22H23N3O2/c1-2-25-15-20(13-23-25)22(27)24-11-5-8-19(14-24)21(26)18-10-9-16-6-3-4-7-17(16)12-18/h3-4,6-7,9-10,12-13,15,19H,2,5,8,11,14H2,1H3/t19-/m1/s1. The van der Waals surface area contributed by atoms with E-state index in [0.717, 1.165) is 35.7 Å². The molecule has 27 heavy (non-hydrogen) atoms. The molecule has 2 heterocycles. The van der Waals surface area contributed by atoms with Crippen LogP contribution in [-0.2, 0) is 6.54 Å². The summed E-state index contributed by atoms with van der Waals surface area (Å²) in [7, 11) is 0. The van der Waals surface area contributed by atoms with Crippen molar-refractivity contribution in [1.29, 1.82) is 0 Å². The van der Waals surface area contributed by atoms with Gasteiger partial charge in [0.25, 0.3) is 5.91 Å². The number of carbonyl (C=O) groups excluding carboxylic acids is 2. The summed E-state index contributed by atoms with van der Waals surface area (Å²) >= 11 is 0. The van der Waals surface area contributed by atoms with Crippen molar-refractivity contribution in [2.24, 2.45) is 5.92 Å². The molecule has 0 bridgehead atoms. The van der Waals surface area contributed by atoms with Crippen LogP contribution in [0.15, 0.2) is 54.9 Å². The second-order valence-electron chi connectivity index (χ2n) is 7.10. The van der Waals surface area contributed by atoms with Crippen molar-refractivity contribution in [3.05, 3.63) is 66.0 Å². The number of hydrogen-bond acceptors (Lipinski definition) is 3. The van der Waals surface area contributed by atoms with Crippen molar-refractivity contribution >= 4 is 22.5 Å². The first-order valence-corrected chi connectivity index (χ1v) is 9.50. The van der Waals surface area contributed by atoms with Gasteiger partial charge in [0.2, 0.25) is 0 Å². The Morgan fingerprint density at radius 1 is 1.11 bits per heavy atom. The minimum atomic E-state index is -0.148. The molecule has 1 amide bonds. The Hall–Kier alpha value is -2.95. The van der Waals surface area contributed by atoms with E-state index in [9.17, 15) is 9.59 Å². The zero-order valence-electron chi connectivity index (χ0n) is 15.5. The summed E-state index contributed by atoms with van der Waals surface area (Å²) in [5.74, 6) is -0.0571. The van der Waals surface area contributed by atoms with Gasteiger partial charge in [0, 0.05) is 37.3 Å². The van der Waals surface area contributed by atoms with Crippen molar-refractivity contribution in [2.45, 2.75) is 26.3 Å². The van der Waals surface area contributed by atoms with Crippen LogP contribution in [-0.4, -0.2) is 39.5 Å². The minimum Gasteiger partial charge on any atom is -0.338 e. The van der Waals surface area contributed by atoms with Crippen LogP contribution in [0.1, 0.15) is 40.5 Å². The number of fused-ring (bicyclic) bond motifs is 1. The molecule has 0 spiro atoms. The molecule has 1 fully saturated rings. The van der Waals surface area contributed by atoms with Gasteiger partial charge in [0.15, 0.2) is 5.78 Å². The van der Waals surface area contributed by atoms with Crippen LogP contribution < -0.4 is 0 Å². The average molecular weight is 361 g/mol. The molecule has 1 saturated heterocycles. The molecule has 0 N–H and O–H groups in total. The minimum absolute atomic E-state index is 0.0364. The fraction of sp³-hybridized carbons (Fsp3) is 0.318. The van der Waals surface area contributed by atoms with E-state index < -0.39 is 0 Å². The molecule has 0 radical (unpaired) electrons. The summed E-state index contributed by atoms with van der Waals surface area (Å²) in [6.45, 7) is 3.89. The van der Waals surface area contributed by atoms with Crippen molar-refractivity contribution in [2.75, 3.05) is 13.1 Å². The van der Waals surface area contributed by atoms with Crippen molar-refractivity contribution in [3.63, 3.8) is 0 Å². The third-order valence-electron chi connectivity index (χ3n) is 5.32. The summed E-state index contributed by atoms with van der Waals surface area (Å²) in [4.78, 5) is 27.6. The van der Waals surface area contributed by atoms with Gasteiger partial charge in [0.1, 0.15) is 0 Å². The quantitative estimate of drug-likeness (QED) is 0.664. The van der Waals surface area contributed by atoms with Gasteiger partial charge in [-0.15, -0.1) is 0 Å². The van der Waals surface area contributed by atoms with E-state index in [4.69, 9.17) is 0 Å². The average Bonchev–Trinajstić information content (AvgIpc) is 3.21. The number of hydrogen-bond donors (Lipinski definition) is 0. The molecule has 0 unspecified atom stereocenters. The predicted octanol–water partition coefficient (Wildman–Crippen LogP) is 3.79. The first-order chi connectivity index (χ1) is 13.2. The van der Waals surface area contributed by atoms with Gasteiger partial charge in [-0.05, 0) is 36.6 Å². The van der Waals surface area contributed by atoms with Crippen LogP contribution in [0.3, 0.4) is 0 Å². The highest BCUT2D eigenvalue weighted by Crippen LogP contribution is 2.24. The lowest BCUT2D eigenvalue weighted by Gasteiger charge is -2.31. The van der Waals surface area contributed by atoms with Gasteiger partial charge < -0.3 is 4.90 Å². The van der Waals surface area contributed by atoms with Crippen LogP contribution >= 0.6 is 0 Å². The summed E-state index contributed by atoms with van der Waals surface area (Å²) in [6.07, 6.45) is 5.05. The number of benzene rings is 2. The number of Topliss-reactive ketones (excluding diaryl/α,β-unsaturated/α-hetero) is 1. The summed E-state index contributed by atoms with van der Waals surface area (Å²) in [6, 6.07) is 13.9. The molecule has 1 atom stereocenters. The molecule has 0 saturated carbocycles.